The Labute approximate surface area is 116 Å². The van der Waals surface area contributed by atoms with Gasteiger partial charge in [-0.1, -0.05) is 12.8 Å². The quantitative estimate of drug-likeness (QED) is 0.831. The Morgan fingerprint density at radius 2 is 2.05 bits per heavy atom. The lowest BCUT2D eigenvalue weighted by molar-refractivity contribution is -0.121. The molecular weight excluding hydrogens is 264 g/mol. The number of carbonyl (C=O) groups is 2. The highest BCUT2D eigenvalue weighted by Gasteiger charge is 2.37. The van der Waals surface area contributed by atoms with E-state index in [1.165, 1.54) is 18.4 Å². The predicted octanol–water partition coefficient (Wildman–Crippen LogP) is 2.05. The molecule has 0 unspecified atom stereocenters. The number of esters is 1. The van der Waals surface area contributed by atoms with E-state index < -0.39 is 11.5 Å². The summed E-state index contributed by atoms with van der Waals surface area (Å²) in [4.78, 5) is 24.3. The van der Waals surface area contributed by atoms with Crippen LogP contribution in [-0.2, 0) is 9.53 Å². The highest BCUT2D eigenvalue weighted by atomic mass is 32.1. The van der Waals surface area contributed by atoms with Crippen molar-refractivity contribution in [3.05, 3.63) is 15.8 Å². The summed E-state index contributed by atoms with van der Waals surface area (Å²) < 4.78 is 4.71. The maximum Gasteiger partial charge on any atom is 0.350 e. The van der Waals surface area contributed by atoms with Crippen LogP contribution in [0.5, 0.6) is 0 Å². The molecule has 1 aromatic rings. The van der Waals surface area contributed by atoms with Crippen molar-refractivity contribution < 1.29 is 14.3 Å². The van der Waals surface area contributed by atoms with Crippen molar-refractivity contribution in [2.24, 2.45) is 5.73 Å². The van der Waals surface area contributed by atoms with Gasteiger partial charge < -0.3 is 15.8 Å². The van der Waals surface area contributed by atoms with Gasteiger partial charge in [0.1, 0.15) is 4.88 Å². The first kappa shape index (κ1) is 14.0. The molecule has 1 aliphatic carbocycles. The van der Waals surface area contributed by atoms with E-state index in [0.717, 1.165) is 18.4 Å². The highest BCUT2D eigenvalue weighted by molar-refractivity contribution is 7.12. The number of methoxy groups -OCH3 is 1. The number of rotatable bonds is 3. The predicted molar refractivity (Wildman–Crippen MR) is 74.4 cm³/mol. The van der Waals surface area contributed by atoms with Gasteiger partial charge in [-0.25, -0.2) is 4.79 Å². The first-order valence-electron chi connectivity index (χ1n) is 6.24. The largest absolute Gasteiger partial charge is 0.465 e. The summed E-state index contributed by atoms with van der Waals surface area (Å²) >= 11 is 1.26. The van der Waals surface area contributed by atoms with E-state index in [1.807, 2.05) is 12.3 Å². The second-order valence-electron chi connectivity index (χ2n) is 4.93. The van der Waals surface area contributed by atoms with Gasteiger partial charge in [-0.05, 0) is 30.7 Å². The Hall–Kier alpha value is -1.40. The van der Waals surface area contributed by atoms with Gasteiger partial charge in [0.05, 0.1) is 18.3 Å². The van der Waals surface area contributed by atoms with E-state index in [4.69, 9.17) is 10.5 Å². The lowest BCUT2D eigenvalue weighted by atomic mass is 9.98. The van der Waals surface area contributed by atoms with Crippen molar-refractivity contribution >= 4 is 28.9 Å². The summed E-state index contributed by atoms with van der Waals surface area (Å²) in [6, 6.07) is 0. The van der Waals surface area contributed by atoms with Gasteiger partial charge in [-0.3, -0.25) is 4.79 Å². The Kier molecular flexibility index (Phi) is 3.91. The number of nitrogens with one attached hydrogen (secondary N) is 1. The Bertz CT molecular complexity index is 504. The smallest absolute Gasteiger partial charge is 0.350 e. The molecule has 2 rings (SSSR count). The molecule has 1 heterocycles. The molecule has 0 spiro atoms. The minimum absolute atomic E-state index is 0.211. The van der Waals surface area contributed by atoms with Crippen LogP contribution in [0.25, 0.3) is 0 Å². The number of carbonyl (C=O) groups excluding carboxylic acids is 2. The molecule has 1 saturated carbocycles. The monoisotopic (exact) mass is 282 g/mol. The van der Waals surface area contributed by atoms with E-state index in [2.05, 4.69) is 5.32 Å². The number of amides is 1. The van der Waals surface area contributed by atoms with Crippen molar-refractivity contribution in [2.45, 2.75) is 38.1 Å². The van der Waals surface area contributed by atoms with Crippen LogP contribution in [0.4, 0.5) is 5.69 Å². The van der Waals surface area contributed by atoms with Gasteiger partial charge in [-0.2, -0.15) is 0 Å². The topological polar surface area (TPSA) is 81.4 Å². The maximum atomic E-state index is 12.3. The molecule has 104 valence electrons. The molecule has 0 radical (unpaired) electrons. The van der Waals surface area contributed by atoms with Gasteiger partial charge in [0, 0.05) is 0 Å². The molecule has 0 atom stereocenters. The normalized spacial score (nSPS) is 17.2. The van der Waals surface area contributed by atoms with E-state index >= 15 is 0 Å². The fourth-order valence-corrected chi connectivity index (χ4v) is 3.24. The molecule has 19 heavy (non-hydrogen) atoms. The van der Waals surface area contributed by atoms with Crippen molar-refractivity contribution in [2.75, 3.05) is 12.4 Å². The van der Waals surface area contributed by atoms with Crippen LogP contribution < -0.4 is 11.1 Å². The average molecular weight is 282 g/mol. The summed E-state index contributed by atoms with van der Waals surface area (Å²) in [6.07, 6.45) is 3.32. The molecule has 0 bridgehead atoms. The number of hydrogen-bond acceptors (Lipinski definition) is 5. The molecule has 1 aliphatic rings. The van der Waals surface area contributed by atoms with Crippen molar-refractivity contribution in [1.29, 1.82) is 0 Å². The average Bonchev–Trinajstić information content (AvgIpc) is 2.98. The van der Waals surface area contributed by atoms with Crippen molar-refractivity contribution in [3.63, 3.8) is 0 Å². The molecular formula is C13H18N2O3S. The third-order valence-corrected chi connectivity index (χ3v) is 4.61. The van der Waals surface area contributed by atoms with E-state index in [9.17, 15) is 9.59 Å². The summed E-state index contributed by atoms with van der Waals surface area (Å²) in [6.45, 7) is 1.84. The number of nitrogens with two attached hydrogens (primary N) is 1. The Balaban J connectivity index is 2.21. The van der Waals surface area contributed by atoms with Gasteiger partial charge in [0.2, 0.25) is 5.91 Å². The van der Waals surface area contributed by atoms with Crippen molar-refractivity contribution in [3.8, 4) is 0 Å². The molecule has 1 fully saturated rings. The molecule has 3 N–H and O–H groups in total. The second kappa shape index (κ2) is 5.30. The molecule has 0 saturated heterocycles. The summed E-state index contributed by atoms with van der Waals surface area (Å²) in [5.74, 6) is -0.650. The molecule has 0 aromatic carbocycles. The van der Waals surface area contributed by atoms with Crippen LogP contribution in [0.3, 0.4) is 0 Å². The van der Waals surface area contributed by atoms with E-state index in [1.54, 1.807) is 0 Å². The zero-order valence-corrected chi connectivity index (χ0v) is 11.9. The fourth-order valence-electron chi connectivity index (χ4n) is 2.31. The third kappa shape index (κ3) is 2.64. The first-order chi connectivity index (χ1) is 8.98. The minimum atomic E-state index is -0.804. The van der Waals surface area contributed by atoms with Crippen LogP contribution >= 0.6 is 11.3 Å². The summed E-state index contributed by atoms with van der Waals surface area (Å²) in [5, 5.41) is 4.62. The minimum Gasteiger partial charge on any atom is -0.465 e. The first-order valence-corrected chi connectivity index (χ1v) is 7.12. The SMILES string of the molecule is COC(=O)c1scc(C)c1NC(=O)C1(N)CCCC1. The molecule has 6 heteroatoms. The summed E-state index contributed by atoms with van der Waals surface area (Å²) in [5.41, 5.74) is 6.67. The second-order valence-corrected chi connectivity index (χ2v) is 5.81. The van der Waals surface area contributed by atoms with E-state index in [-0.39, 0.29) is 5.91 Å². The standard InChI is InChI=1S/C13H18N2O3S/c1-8-7-19-10(11(16)18-2)9(8)15-12(17)13(14)5-3-4-6-13/h7H,3-6,14H2,1-2H3,(H,15,17). The number of ether oxygens (including phenoxy) is 1. The number of thiophene rings is 1. The van der Waals surface area contributed by atoms with Gasteiger partial charge in [-0.15, -0.1) is 11.3 Å². The zero-order valence-electron chi connectivity index (χ0n) is 11.1. The van der Waals surface area contributed by atoms with E-state index in [0.29, 0.717) is 23.4 Å². The maximum absolute atomic E-state index is 12.3. The van der Waals surface area contributed by atoms with Crippen LogP contribution in [0.15, 0.2) is 5.38 Å². The zero-order chi connectivity index (χ0) is 14.0. The number of anilines is 1. The van der Waals surface area contributed by atoms with Crippen LogP contribution in [0, 0.1) is 6.92 Å². The molecule has 0 aliphatic heterocycles. The van der Waals surface area contributed by atoms with Gasteiger partial charge in [0.25, 0.3) is 0 Å². The van der Waals surface area contributed by atoms with Crippen LogP contribution in [0.2, 0.25) is 0 Å². The van der Waals surface area contributed by atoms with Crippen molar-refractivity contribution in [1.82, 2.24) is 0 Å². The molecule has 5 nitrogen and oxygen atoms in total. The van der Waals surface area contributed by atoms with Crippen LogP contribution in [0.1, 0.15) is 40.9 Å². The number of hydrogen-bond donors (Lipinski definition) is 2. The fraction of sp³-hybridized carbons (Fsp3) is 0.538. The molecule has 1 aromatic heterocycles. The summed E-state index contributed by atoms with van der Waals surface area (Å²) in [7, 11) is 1.32. The van der Waals surface area contributed by atoms with Gasteiger partial charge in [0.15, 0.2) is 0 Å². The van der Waals surface area contributed by atoms with Crippen LogP contribution in [-0.4, -0.2) is 24.5 Å². The Morgan fingerprint density at radius 1 is 1.42 bits per heavy atom. The Morgan fingerprint density at radius 3 is 2.63 bits per heavy atom. The highest BCUT2D eigenvalue weighted by Crippen LogP contribution is 2.32. The molecule has 1 amide bonds. The lowest BCUT2D eigenvalue weighted by Crippen LogP contribution is -2.48. The lowest BCUT2D eigenvalue weighted by Gasteiger charge is -2.22. The third-order valence-electron chi connectivity index (χ3n) is 3.53. The number of aryl methyl sites for hydroxylation is 1. The van der Waals surface area contributed by atoms with Gasteiger partial charge >= 0.3 is 5.97 Å².